The van der Waals surface area contributed by atoms with Gasteiger partial charge in [0.15, 0.2) is 0 Å². The molecule has 2 amide bonds. The van der Waals surface area contributed by atoms with E-state index in [1.807, 2.05) is 37.3 Å². The fourth-order valence-corrected chi connectivity index (χ4v) is 3.53. The smallest absolute Gasteiger partial charge is 0.322 e. The van der Waals surface area contributed by atoms with Crippen molar-refractivity contribution in [3.8, 4) is 5.75 Å². The molecule has 0 unspecified atom stereocenters. The minimum absolute atomic E-state index is 0.106. The van der Waals surface area contributed by atoms with Crippen molar-refractivity contribution < 1.29 is 21.8 Å². The first-order valence-corrected chi connectivity index (χ1v) is 11.6. The summed E-state index contributed by atoms with van der Waals surface area (Å²) in [7, 11) is -3.58. The topological polar surface area (TPSA) is 88.9 Å². The van der Waals surface area contributed by atoms with Gasteiger partial charge in [-0.25, -0.2) is 4.79 Å². The second-order valence-corrected chi connectivity index (χ2v) is 8.81. The van der Waals surface area contributed by atoms with Crippen LogP contribution in [0.3, 0.4) is 0 Å². The number of benzene rings is 2. The van der Waals surface area contributed by atoms with Gasteiger partial charge in [-0.1, -0.05) is 37.3 Å². The van der Waals surface area contributed by atoms with E-state index in [0.717, 1.165) is 23.2 Å². The average molecular weight is 443 g/mol. The Balaban J connectivity index is 1.76. The van der Waals surface area contributed by atoms with Crippen LogP contribution in [0.2, 0.25) is 0 Å². The van der Waals surface area contributed by atoms with Gasteiger partial charge in [0.2, 0.25) is 0 Å². The van der Waals surface area contributed by atoms with Gasteiger partial charge in [0, 0.05) is 12.2 Å². The third-order valence-corrected chi connectivity index (χ3v) is 5.88. The number of nitrogens with one attached hydrogen (secondary N) is 1. The van der Waals surface area contributed by atoms with Gasteiger partial charge in [0.05, 0.1) is 18.6 Å². The lowest BCUT2D eigenvalue weighted by atomic mass is 10.1. The fraction of sp³-hybridized carbons (Fsp3) is 0.261. The predicted molar refractivity (Wildman–Crippen MR) is 119 cm³/mol. The quantitative estimate of drug-likeness (QED) is 0.481. The standard InChI is InChI=1S/C23H26N2O5S/c1-3-19-8-5-6-10-22(19)24-23(26)25(17-21-9-7-15-29-21)16-18-11-13-20(14-12-18)30-31(27,28)4-2/h5-15H,3-4,16-17H2,1-2H3,(H,24,26). The minimum atomic E-state index is -3.58. The summed E-state index contributed by atoms with van der Waals surface area (Å²) in [5.41, 5.74) is 2.65. The van der Waals surface area contributed by atoms with Crippen molar-refractivity contribution in [3.05, 3.63) is 83.8 Å². The Labute approximate surface area is 182 Å². The van der Waals surface area contributed by atoms with Crippen LogP contribution >= 0.6 is 0 Å². The fourth-order valence-electron chi connectivity index (χ4n) is 3.01. The molecule has 0 aliphatic carbocycles. The molecule has 8 heteroatoms. The summed E-state index contributed by atoms with van der Waals surface area (Å²) in [5.74, 6) is 0.794. The maximum Gasteiger partial charge on any atom is 0.322 e. The molecule has 31 heavy (non-hydrogen) atoms. The van der Waals surface area contributed by atoms with E-state index in [4.69, 9.17) is 8.60 Å². The van der Waals surface area contributed by atoms with Crippen molar-refractivity contribution in [3.63, 3.8) is 0 Å². The first kappa shape index (κ1) is 22.4. The lowest BCUT2D eigenvalue weighted by molar-refractivity contribution is 0.201. The molecule has 1 N–H and O–H groups in total. The highest BCUT2D eigenvalue weighted by Gasteiger charge is 2.18. The molecule has 164 valence electrons. The van der Waals surface area contributed by atoms with Gasteiger partial charge in [0.1, 0.15) is 11.5 Å². The number of aryl methyl sites for hydroxylation is 1. The van der Waals surface area contributed by atoms with Crippen LogP contribution in [-0.2, 0) is 29.6 Å². The second kappa shape index (κ2) is 10.2. The van der Waals surface area contributed by atoms with Gasteiger partial charge in [-0.3, -0.25) is 0 Å². The van der Waals surface area contributed by atoms with Crippen LogP contribution in [0.15, 0.2) is 71.3 Å². The molecule has 0 aliphatic rings. The molecule has 1 aromatic heterocycles. The number of amides is 2. The average Bonchev–Trinajstić information content (AvgIpc) is 3.28. The second-order valence-electron chi connectivity index (χ2n) is 6.95. The van der Waals surface area contributed by atoms with Crippen molar-refractivity contribution in [1.82, 2.24) is 4.90 Å². The molecule has 2 aromatic carbocycles. The maximum atomic E-state index is 13.1. The monoisotopic (exact) mass is 442 g/mol. The van der Waals surface area contributed by atoms with E-state index < -0.39 is 10.1 Å². The number of carbonyl (C=O) groups is 1. The minimum Gasteiger partial charge on any atom is -0.467 e. The van der Waals surface area contributed by atoms with Crippen LogP contribution in [-0.4, -0.2) is 25.1 Å². The molecule has 0 fully saturated rings. The van der Waals surface area contributed by atoms with Crippen LogP contribution in [0, 0.1) is 0 Å². The zero-order valence-corrected chi connectivity index (χ0v) is 18.4. The number of anilines is 1. The number of para-hydroxylation sites is 1. The number of hydrogen-bond donors (Lipinski definition) is 1. The van der Waals surface area contributed by atoms with Crippen LogP contribution in [0.4, 0.5) is 10.5 Å². The van der Waals surface area contributed by atoms with Crippen molar-refractivity contribution >= 4 is 21.8 Å². The number of urea groups is 1. The Bertz CT molecular complexity index is 1090. The summed E-state index contributed by atoms with van der Waals surface area (Å²) in [4.78, 5) is 14.7. The molecule has 3 rings (SSSR count). The molecular weight excluding hydrogens is 416 g/mol. The maximum absolute atomic E-state index is 13.1. The summed E-state index contributed by atoms with van der Waals surface area (Å²) in [6, 6.07) is 17.7. The normalized spacial score (nSPS) is 11.2. The molecule has 0 spiro atoms. The highest BCUT2D eigenvalue weighted by molar-refractivity contribution is 7.87. The Morgan fingerprint density at radius 1 is 1.00 bits per heavy atom. The molecule has 0 saturated carbocycles. The SMILES string of the molecule is CCc1ccccc1NC(=O)N(Cc1ccc(OS(=O)(=O)CC)cc1)Cc1ccco1. The Kier molecular flexibility index (Phi) is 7.36. The van der Waals surface area contributed by atoms with Crippen LogP contribution in [0.1, 0.15) is 30.7 Å². The molecule has 3 aromatic rings. The van der Waals surface area contributed by atoms with E-state index >= 15 is 0 Å². The summed E-state index contributed by atoms with van der Waals surface area (Å²) in [5, 5.41) is 2.99. The Hall–Kier alpha value is -3.26. The third kappa shape index (κ3) is 6.36. The molecule has 1 heterocycles. The largest absolute Gasteiger partial charge is 0.467 e. The molecule has 7 nitrogen and oxygen atoms in total. The Morgan fingerprint density at radius 3 is 2.39 bits per heavy atom. The highest BCUT2D eigenvalue weighted by atomic mass is 32.2. The molecule has 0 saturated heterocycles. The first-order valence-electron chi connectivity index (χ1n) is 10.1. The van der Waals surface area contributed by atoms with Gasteiger partial charge in [-0.15, -0.1) is 0 Å². The molecule has 0 radical (unpaired) electrons. The first-order chi connectivity index (χ1) is 14.9. The van der Waals surface area contributed by atoms with Gasteiger partial charge in [-0.05, 0) is 54.8 Å². The van der Waals surface area contributed by atoms with E-state index in [9.17, 15) is 13.2 Å². The van der Waals surface area contributed by atoms with Crippen LogP contribution in [0.25, 0.3) is 0 Å². The number of hydrogen-bond acceptors (Lipinski definition) is 5. The van der Waals surface area contributed by atoms with Crippen LogP contribution < -0.4 is 9.50 Å². The Morgan fingerprint density at radius 2 is 1.74 bits per heavy atom. The molecule has 0 aliphatic heterocycles. The zero-order chi connectivity index (χ0) is 22.3. The number of carbonyl (C=O) groups excluding carboxylic acids is 1. The lowest BCUT2D eigenvalue weighted by Gasteiger charge is -2.23. The van der Waals surface area contributed by atoms with Crippen molar-refractivity contribution in [2.24, 2.45) is 0 Å². The number of furan rings is 1. The summed E-state index contributed by atoms with van der Waals surface area (Å²) in [6.45, 7) is 4.15. The van der Waals surface area contributed by atoms with Crippen molar-refractivity contribution in [2.75, 3.05) is 11.1 Å². The molecule has 0 atom stereocenters. The molecular formula is C23H26N2O5S. The van der Waals surface area contributed by atoms with E-state index in [-0.39, 0.29) is 24.1 Å². The van der Waals surface area contributed by atoms with Gasteiger partial charge in [-0.2, -0.15) is 8.42 Å². The van der Waals surface area contributed by atoms with E-state index in [1.54, 1.807) is 41.5 Å². The van der Waals surface area contributed by atoms with Crippen molar-refractivity contribution in [1.29, 1.82) is 0 Å². The summed E-state index contributed by atoms with van der Waals surface area (Å²) >= 11 is 0. The van der Waals surface area contributed by atoms with Gasteiger partial charge >= 0.3 is 16.1 Å². The highest BCUT2D eigenvalue weighted by Crippen LogP contribution is 2.20. The third-order valence-electron chi connectivity index (χ3n) is 4.73. The predicted octanol–water partition coefficient (Wildman–Crippen LogP) is 4.80. The van der Waals surface area contributed by atoms with E-state index in [2.05, 4.69) is 5.32 Å². The molecule has 0 bridgehead atoms. The van der Waals surface area contributed by atoms with Crippen molar-refractivity contribution in [2.45, 2.75) is 33.4 Å². The number of rotatable bonds is 9. The van der Waals surface area contributed by atoms with Gasteiger partial charge < -0.3 is 18.8 Å². The van der Waals surface area contributed by atoms with E-state index in [0.29, 0.717) is 12.3 Å². The summed E-state index contributed by atoms with van der Waals surface area (Å²) in [6.07, 6.45) is 2.37. The van der Waals surface area contributed by atoms with Gasteiger partial charge in [0.25, 0.3) is 0 Å². The van der Waals surface area contributed by atoms with Crippen LogP contribution in [0.5, 0.6) is 5.75 Å². The zero-order valence-electron chi connectivity index (χ0n) is 17.6. The summed E-state index contributed by atoms with van der Waals surface area (Å²) < 4.78 is 33.7. The lowest BCUT2D eigenvalue weighted by Crippen LogP contribution is -2.34. The van der Waals surface area contributed by atoms with E-state index in [1.165, 1.54) is 6.92 Å². The number of nitrogens with zero attached hydrogens (tertiary/aromatic N) is 1.